The maximum Gasteiger partial charge on any atom is 0.252 e. The van der Waals surface area contributed by atoms with Crippen LogP contribution in [0.1, 0.15) is 187 Å². The topological polar surface area (TPSA) is 16.3 Å². The van der Waals surface area contributed by atoms with E-state index in [0.29, 0.717) is 5.56 Å². The Hall–Kier alpha value is -10.9. The van der Waals surface area contributed by atoms with Crippen LogP contribution < -0.4 is 26.2 Å². The van der Waals surface area contributed by atoms with E-state index in [9.17, 15) is 2.74 Å². The van der Waals surface area contributed by atoms with Gasteiger partial charge in [0.05, 0.1) is 33.4 Å². The number of para-hydroxylation sites is 4. The molecule has 116 heavy (non-hydrogen) atoms. The van der Waals surface area contributed by atoms with Gasteiger partial charge >= 0.3 is 0 Å². The van der Waals surface area contributed by atoms with Crippen LogP contribution in [0.4, 0.5) is 34.1 Å². The highest BCUT2D eigenvalue weighted by molar-refractivity contribution is 7.00. The predicted molar refractivity (Wildman–Crippen MR) is 504 cm³/mol. The molecule has 0 bridgehead atoms. The summed E-state index contributed by atoms with van der Waals surface area (Å²) < 4.78 is 27.3. The fraction of sp³-hybridized carbons (Fsp3) is 0.297. The Kier molecular flexibility index (Phi) is 18.5. The van der Waals surface area contributed by atoms with Gasteiger partial charge in [-0.1, -0.05) is 327 Å². The van der Waals surface area contributed by atoms with Gasteiger partial charge in [0.1, 0.15) is 0 Å². The monoisotopic (exact) mass is 1520 g/mol. The van der Waals surface area contributed by atoms with E-state index in [2.05, 4.69) is 431 Å². The van der Waals surface area contributed by atoms with Gasteiger partial charge in [0.15, 0.2) is 0 Å². The molecule has 15 aromatic rings. The summed E-state index contributed by atoms with van der Waals surface area (Å²) in [6.07, 6.45) is 1.64. The van der Waals surface area contributed by atoms with Crippen molar-refractivity contribution in [2.75, 3.05) is 9.80 Å². The molecule has 0 spiro atoms. The van der Waals surface area contributed by atoms with E-state index < -0.39 is 18.5 Å². The van der Waals surface area contributed by atoms with E-state index in [1.54, 1.807) is 0 Å². The molecule has 584 valence electrons. The highest BCUT2D eigenvalue weighted by Gasteiger charge is 2.47. The average molecular weight is 1520 g/mol. The lowest BCUT2D eigenvalue weighted by atomic mass is 9.33. The summed E-state index contributed by atoms with van der Waals surface area (Å²) in [4.78, 5) is 5.33. The number of benzene rings is 13. The lowest BCUT2D eigenvalue weighted by molar-refractivity contribution is 0.411. The number of hydrogen-bond acceptors (Lipinski definition) is 2. The highest BCUT2D eigenvalue weighted by atomic mass is 15.2. The summed E-state index contributed by atoms with van der Waals surface area (Å²) in [5.41, 5.74) is 31.8. The molecule has 0 fully saturated rings. The first-order chi connectivity index (χ1) is 55.6. The molecule has 2 aromatic heterocycles. The van der Waals surface area contributed by atoms with Crippen molar-refractivity contribution < 1.29 is 2.74 Å². The van der Waals surface area contributed by atoms with Gasteiger partial charge in [-0.05, 0) is 232 Å². The Balaban J connectivity index is 1.10. The van der Waals surface area contributed by atoms with Gasteiger partial charge in [0.2, 0.25) is 0 Å². The molecule has 0 N–H and O–H groups in total. The van der Waals surface area contributed by atoms with Gasteiger partial charge in [0.25, 0.3) is 6.71 Å². The molecular formula is C111H117BN4. The highest BCUT2D eigenvalue weighted by Crippen LogP contribution is 2.56. The van der Waals surface area contributed by atoms with Crippen molar-refractivity contribution in [1.82, 2.24) is 9.13 Å². The summed E-state index contributed by atoms with van der Waals surface area (Å²) in [5.74, 6) is 0. The third-order valence-corrected chi connectivity index (χ3v) is 23.5. The van der Waals surface area contributed by atoms with Gasteiger partial charge in [-0.25, -0.2) is 0 Å². The zero-order valence-corrected chi connectivity index (χ0v) is 72.6. The van der Waals surface area contributed by atoms with Crippen molar-refractivity contribution in [2.24, 2.45) is 27.1 Å². The molecule has 0 amide bonds. The van der Waals surface area contributed by atoms with E-state index in [1.807, 2.05) is 0 Å². The zero-order chi connectivity index (χ0) is 83.5. The number of fused-ring (bicyclic) bond motifs is 10. The lowest BCUT2D eigenvalue weighted by Crippen LogP contribution is -2.61. The van der Waals surface area contributed by atoms with E-state index in [0.717, 1.165) is 154 Å². The maximum atomic E-state index is 11.2. The van der Waals surface area contributed by atoms with E-state index in [1.165, 1.54) is 54.9 Å². The molecule has 0 unspecified atom stereocenters. The molecule has 17 rings (SSSR count). The first kappa shape index (κ1) is 75.2. The molecule has 0 aliphatic carbocycles. The van der Waals surface area contributed by atoms with Crippen LogP contribution in [0.15, 0.2) is 267 Å². The molecule has 5 heteroatoms. The van der Waals surface area contributed by atoms with Crippen molar-refractivity contribution in [1.29, 1.82) is 0 Å². The van der Waals surface area contributed by atoms with Crippen LogP contribution in [0.25, 0.3) is 99.5 Å². The molecule has 0 atom stereocenters. The van der Waals surface area contributed by atoms with Crippen molar-refractivity contribution >= 4 is 101 Å². The minimum absolute atomic E-state index is 0.00655. The summed E-state index contributed by atoms with van der Waals surface area (Å²) in [6, 6.07) is 103. The van der Waals surface area contributed by atoms with Crippen LogP contribution in [0.2, 0.25) is 0 Å². The van der Waals surface area contributed by atoms with Crippen LogP contribution in [-0.4, -0.2) is 15.8 Å². The summed E-state index contributed by atoms with van der Waals surface area (Å²) in [7, 11) is 0. The Morgan fingerprint density at radius 2 is 0.552 bits per heavy atom. The molecular weight excluding hydrogens is 1400 g/mol. The number of anilines is 6. The number of aromatic nitrogens is 2. The molecule has 13 aromatic carbocycles. The normalized spacial score (nSPS) is 13.9. The molecule has 0 saturated carbocycles. The van der Waals surface area contributed by atoms with E-state index in [4.69, 9.17) is 0 Å². The van der Waals surface area contributed by atoms with E-state index >= 15 is 0 Å². The number of rotatable bonds is 13. The largest absolute Gasteiger partial charge is 0.310 e. The van der Waals surface area contributed by atoms with Crippen LogP contribution in [0.5, 0.6) is 0 Å². The van der Waals surface area contributed by atoms with Crippen molar-refractivity contribution in [3.05, 3.63) is 306 Å². The van der Waals surface area contributed by atoms with Gasteiger partial charge < -0.3 is 18.9 Å². The van der Waals surface area contributed by atoms with Crippen LogP contribution >= 0.6 is 0 Å². The second-order valence-corrected chi connectivity index (χ2v) is 41.7. The van der Waals surface area contributed by atoms with Gasteiger partial charge in [-0.2, -0.15) is 0 Å². The SMILES string of the molecule is [2H]C([2H])(c1cc2c3c(c1)N(c1c(-c4cccc(CC(C)(C)C)c4)cc(C(C)(C)C)cc1-c1cccc(CC(C)(C)C)c1)c1cc(-n4c5ccccc5c5ccccc54)ccc1B3c1ccc(-n3c4ccccc4c4ccccc43)cc1N2c1c(-c2cccc(CC(C)(C)C)c2)cc(C(C)(C)C)cc1-c1cccc(CC(C)(C)C)c1)C(C)(C)C. The third kappa shape index (κ3) is 15.0. The lowest BCUT2D eigenvalue weighted by Gasteiger charge is -2.46. The fourth-order valence-corrected chi connectivity index (χ4v) is 19.0. The summed E-state index contributed by atoms with van der Waals surface area (Å²) >= 11 is 0. The molecule has 4 nitrogen and oxygen atoms in total. The fourth-order valence-electron chi connectivity index (χ4n) is 19.0. The van der Waals surface area contributed by atoms with E-state index in [-0.39, 0.29) is 32.5 Å². The minimum atomic E-state index is -1.92. The standard InChI is InChI=1S/C111H117BN4/c1-105(2,3)66-71-34-30-38-76(54-71)88-60-80(110(16,17)18)61-89(77-39-31-35-72(55-77)67-106(4,5)6)103(88)115-98-64-82(113-94-46-26-22-42-84(94)85-43-23-27-47-95(85)113)50-52-92(98)112-93-53-51-83(114-96-48-28-24-44-86(96)87-45-25-29-49-97(87)114)65-99(93)116(101-59-75(70-109(13,14)15)58-100(115)102(101)112)104-90(78-40-32-36-73(56-78)68-107(7,8)9)62-81(111(19,20)21)63-91(104)79-41-33-37-74(57-79)69-108(10,11)12/h22-65H,66-70H2,1-21H3/i70D2. The van der Waals surface area contributed by atoms with Gasteiger partial charge in [0, 0.05) is 80.7 Å². The number of nitrogens with zero attached hydrogens (tertiary/aromatic N) is 4. The Labute approximate surface area is 695 Å². The second kappa shape index (κ2) is 28.5. The second-order valence-electron chi connectivity index (χ2n) is 41.7. The minimum Gasteiger partial charge on any atom is -0.310 e. The molecule has 4 heterocycles. The van der Waals surface area contributed by atoms with Crippen LogP contribution in [0.3, 0.4) is 0 Å². The maximum absolute atomic E-state index is 11.2. The third-order valence-electron chi connectivity index (χ3n) is 23.5. The average Bonchev–Trinajstić information content (AvgIpc) is 1.16. The van der Waals surface area contributed by atoms with Crippen LogP contribution in [0, 0.1) is 27.1 Å². The summed E-state index contributed by atoms with van der Waals surface area (Å²) in [6.45, 7) is 48.3. The Morgan fingerprint density at radius 3 is 0.819 bits per heavy atom. The molecule has 2 aliphatic rings. The molecule has 0 radical (unpaired) electrons. The predicted octanol–water partition coefficient (Wildman–Crippen LogP) is 29.2. The quantitative estimate of drug-likeness (QED) is 0.107. The summed E-state index contributed by atoms with van der Waals surface area (Å²) in [5, 5.41) is 4.78. The molecule has 0 saturated heterocycles. The van der Waals surface area contributed by atoms with Gasteiger partial charge in [-0.3, -0.25) is 0 Å². The Bertz CT molecular complexity index is 5840. The number of hydrogen-bond donors (Lipinski definition) is 0. The smallest absolute Gasteiger partial charge is 0.252 e. The first-order valence-electron chi connectivity index (χ1n) is 43.4. The van der Waals surface area contributed by atoms with Crippen molar-refractivity contribution in [3.63, 3.8) is 0 Å². The Morgan fingerprint density at radius 1 is 0.267 bits per heavy atom. The molecule has 2 aliphatic heterocycles. The van der Waals surface area contributed by atoms with Crippen LogP contribution in [-0.2, 0) is 42.9 Å². The van der Waals surface area contributed by atoms with Crippen molar-refractivity contribution in [3.8, 4) is 55.9 Å². The van der Waals surface area contributed by atoms with Crippen molar-refractivity contribution in [2.45, 2.75) is 188 Å². The van der Waals surface area contributed by atoms with Gasteiger partial charge in [-0.15, -0.1) is 0 Å². The first-order valence-corrected chi connectivity index (χ1v) is 42.4. The zero-order valence-electron chi connectivity index (χ0n) is 74.6.